The highest BCUT2D eigenvalue weighted by Crippen LogP contribution is 2.26. The first-order chi connectivity index (χ1) is 13.5. The molecule has 0 unspecified atom stereocenters. The highest BCUT2D eigenvalue weighted by molar-refractivity contribution is 9.10. The Morgan fingerprint density at radius 1 is 1.25 bits per heavy atom. The van der Waals surface area contributed by atoms with E-state index in [1.807, 2.05) is 25.1 Å². The van der Waals surface area contributed by atoms with Crippen LogP contribution in [-0.4, -0.2) is 52.3 Å². The minimum Gasteiger partial charge on any atom is -0.357 e. The van der Waals surface area contributed by atoms with Crippen LogP contribution in [0.15, 0.2) is 47.2 Å². The maximum Gasteiger partial charge on any atom is 0.256 e. The molecular weight excluding hydrogens is 418 g/mol. The number of benzene rings is 1. The molecule has 2 aromatic heterocycles. The SMILES string of the molecule is CN(CC1CCN(c2ccc3ccc(Br)cc3n2)CC1)C(=O)c1cnn(C)c1. The quantitative estimate of drug-likeness (QED) is 0.618. The van der Waals surface area contributed by atoms with Crippen molar-refractivity contribution in [3.8, 4) is 0 Å². The number of pyridine rings is 1. The fourth-order valence-electron chi connectivity index (χ4n) is 3.82. The number of amides is 1. The van der Waals surface area contributed by atoms with Crippen LogP contribution in [0, 0.1) is 5.92 Å². The molecule has 0 spiro atoms. The Labute approximate surface area is 173 Å². The van der Waals surface area contributed by atoms with Crippen molar-refractivity contribution in [2.75, 3.05) is 31.6 Å². The number of aromatic nitrogens is 3. The zero-order valence-electron chi connectivity index (χ0n) is 16.2. The molecule has 1 fully saturated rings. The van der Waals surface area contributed by atoms with Crippen LogP contribution in [0.3, 0.4) is 0 Å². The number of aryl methyl sites for hydroxylation is 1. The van der Waals surface area contributed by atoms with Crippen molar-refractivity contribution in [3.05, 3.63) is 52.8 Å². The van der Waals surface area contributed by atoms with Gasteiger partial charge >= 0.3 is 0 Å². The van der Waals surface area contributed by atoms with Gasteiger partial charge in [0.05, 0.1) is 17.3 Å². The number of hydrogen-bond acceptors (Lipinski definition) is 4. The maximum absolute atomic E-state index is 12.5. The summed E-state index contributed by atoms with van der Waals surface area (Å²) in [5.74, 6) is 1.58. The first-order valence-electron chi connectivity index (χ1n) is 9.55. The van der Waals surface area contributed by atoms with Gasteiger partial charge in [-0.1, -0.05) is 22.0 Å². The average molecular weight is 442 g/mol. The molecule has 0 radical (unpaired) electrons. The molecule has 0 atom stereocenters. The molecule has 146 valence electrons. The Morgan fingerprint density at radius 3 is 2.71 bits per heavy atom. The summed E-state index contributed by atoms with van der Waals surface area (Å²) >= 11 is 3.52. The third-order valence-corrected chi connectivity index (χ3v) is 5.90. The molecule has 1 aliphatic rings. The maximum atomic E-state index is 12.5. The molecule has 7 heteroatoms. The van der Waals surface area contributed by atoms with E-state index in [-0.39, 0.29) is 5.91 Å². The van der Waals surface area contributed by atoms with E-state index in [9.17, 15) is 4.79 Å². The van der Waals surface area contributed by atoms with Crippen LogP contribution in [0.25, 0.3) is 10.9 Å². The van der Waals surface area contributed by atoms with Crippen LogP contribution < -0.4 is 4.90 Å². The van der Waals surface area contributed by atoms with Crippen molar-refractivity contribution < 1.29 is 4.79 Å². The summed E-state index contributed by atoms with van der Waals surface area (Å²) in [5.41, 5.74) is 1.66. The lowest BCUT2D eigenvalue weighted by Gasteiger charge is -2.34. The zero-order chi connectivity index (χ0) is 19.7. The Bertz CT molecular complexity index is 993. The van der Waals surface area contributed by atoms with Gasteiger partial charge in [-0.05, 0) is 43.0 Å². The minimum atomic E-state index is 0.0392. The molecule has 1 aromatic carbocycles. The first kappa shape index (κ1) is 18.9. The molecule has 28 heavy (non-hydrogen) atoms. The van der Waals surface area contributed by atoms with Gasteiger partial charge in [-0.3, -0.25) is 9.48 Å². The fourth-order valence-corrected chi connectivity index (χ4v) is 4.17. The summed E-state index contributed by atoms with van der Waals surface area (Å²) in [6.07, 6.45) is 5.52. The summed E-state index contributed by atoms with van der Waals surface area (Å²) in [6, 6.07) is 10.4. The number of carbonyl (C=O) groups excluding carboxylic acids is 1. The standard InChI is InChI=1S/C21H24BrN5O/c1-25(21(28)17-12-23-26(2)14-17)13-15-7-9-27(10-8-15)20-6-4-16-3-5-18(22)11-19(16)24-20/h3-6,11-12,14-15H,7-10,13H2,1-2H3. The Kier molecular flexibility index (Phi) is 5.35. The molecule has 0 bridgehead atoms. The molecule has 0 saturated carbocycles. The van der Waals surface area contributed by atoms with Gasteiger partial charge in [0.15, 0.2) is 0 Å². The molecule has 1 aliphatic heterocycles. The summed E-state index contributed by atoms with van der Waals surface area (Å²) in [6.45, 7) is 2.71. The normalized spacial score (nSPS) is 15.2. The van der Waals surface area contributed by atoms with Gasteiger partial charge in [0.1, 0.15) is 5.82 Å². The minimum absolute atomic E-state index is 0.0392. The van der Waals surface area contributed by atoms with E-state index in [2.05, 4.69) is 50.2 Å². The van der Waals surface area contributed by atoms with Gasteiger partial charge in [-0.15, -0.1) is 0 Å². The lowest BCUT2D eigenvalue weighted by atomic mass is 9.96. The largest absolute Gasteiger partial charge is 0.357 e. The second-order valence-electron chi connectivity index (χ2n) is 7.53. The molecule has 0 aliphatic carbocycles. The van der Waals surface area contributed by atoms with Gasteiger partial charge < -0.3 is 9.80 Å². The molecule has 6 nitrogen and oxygen atoms in total. The van der Waals surface area contributed by atoms with Gasteiger partial charge in [0, 0.05) is 49.8 Å². The van der Waals surface area contributed by atoms with Gasteiger partial charge in [0.2, 0.25) is 0 Å². The van der Waals surface area contributed by atoms with Crippen molar-refractivity contribution in [2.45, 2.75) is 12.8 Å². The van der Waals surface area contributed by atoms with Crippen LogP contribution in [0.4, 0.5) is 5.82 Å². The smallest absolute Gasteiger partial charge is 0.256 e. The van der Waals surface area contributed by atoms with E-state index < -0.39 is 0 Å². The van der Waals surface area contributed by atoms with E-state index in [1.165, 1.54) is 0 Å². The van der Waals surface area contributed by atoms with Crippen LogP contribution in [-0.2, 0) is 7.05 Å². The topological polar surface area (TPSA) is 54.3 Å². The van der Waals surface area contributed by atoms with Crippen molar-refractivity contribution in [3.63, 3.8) is 0 Å². The number of anilines is 1. The lowest BCUT2D eigenvalue weighted by Crippen LogP contribution is -2.39. The number of piperidine rings is 1. The van der Waals surface area contributed by atoms with E-state index in [1.54, 1.807) is 17.1 Å². The Hall–Kier alpha value is -2.41. The van der Waals surface area contributed by atoms with E-state index >= 15 is 0 Å². The highest BCUT2D eigenvalue weighted by Gasteiger charge is 2.23. The van der Waals surface area contributed by atoms with Crippen molar-refractivity contribution in [1.82, 2.24) is 19.7 Å². The Balaban J connectivity index is 1.36. The van der Waals surface area contributed by atoms with Crippen molar-refractivity contribution >= 4 is 38.6 Å². The first-order valence-corrected chi connectivity index (χ1v) is 10.3. The molecule has 1 saturated heterocycles. The van der Waals surface area contributed by atoms with Crippen LogP contribution in [0.2, 0.25) is 0 Å². The van der Waals surface area contributed by atoms with Crippen LogP contribution >= 0.6 is 15.9 Å². The summed E-state index contributed by atoms with van der Waals surface area (Å²) in [7, 11) is 3.70. The Morgan fingerprint density at radius 2 is 2.00 bits per heavy atom. The molecular formula is C21H24BrN5O. The van der Waals surface area contributed by atoms with Crippen LogP contribution in [0.1, 0.15) is 23.2 Å². The summed E-state index contributed by atoms with van der Waals surface area (Å²) in [5, 5.41) is 5.24. The van der Waals surface area contributed by atoms with Gasteiger partial charge in [-0.25, -0.2) is 4.98 Å². The van der Waals surface area contributed by atoms with Crippen molar-refractivity contribution in [2.24, 2.45) is 13.0 Å². The summed E-state index contributed by atoms with van der Waals surface area (Å²) in [4.78, 5) is 21.5. The third kappa shape index (κ3) is 4.04. The second kappa shape index (κ2) is 7.91. The molecule has 3 heterocycles. The fraction of sp³-hybridized carbons (Fsp3) is 0.381. The second-order valence-corrected chi connectivity index (χ2v) is 8.44. The van der Waals surface area contributed by atoms with E-state index in [0.717, 1.165) is 53.7 Å². The number of nitrogens with zero attached hydrogens (tertiary/aromatic N) is 5. The highest BCUT2D eigenvalue weighted by atomic mass is 79.9. The van der Waals surface area contributed by atoms with Crippen LogP contribution in [0.5, 0.6) is 0 Å². The molecule has 4 rings (SSSR count). The predicted molar refractivity (Wildman–Crippen MR) is 115 cm³/mol. The summed E-state index contributed by atoms with van der Waals surface area (Å²) < 4.78 is 2.71. The molecule has 0 N–H and O–H groups in total. The molecule has 3 aromatic rings. The number of hydrogen-bond donors (Lipinski definition) is 0. The van der Waals surface area contributed by atoms with E-state index in [0.29, 0.717) is 11.5 Å². The average Bonchev–Trinajstić information content (AvgIpc) is 3.13. The third-order valence-electron chi connectivity index (χ3n) is 5.41. The lowest BCUT2D eigenvalue weighted by molar-refractivity contribution is 0.0765. The monoisotopic (exact) mass is 441 g/mol. The zero-order valence-corrected chi connectivity index (χ0v) is 17.8. The van der Waals surface area contributed by atoms with Crippen molar-refractivity contribution in [1.29, 1.82) is 0 Å². The van der Waals surface area contributed by atoms with Gasteiger partial charge in [-0.2, -0.15) is 5.10 Å². The number of rotatable bonds is 4. The number of carbonyl (C=O) groups is 1. The number of halogens is 1. The number of fused-ring (bicyclic) bond motifs is 1. The molecule has 1 amide bonds. The van der Waals surface area contributed by atoms with Gasteiger partial charge in [0.25, 0.3) is 5.91 Å². The van der Waals surface area contributed by atoms with E-state index in [4.69, 9.17) is 4.98 Å². The predicted octanol–water partition coefficient (Wildman–Crippen LogP) is 3.72.